The lowest BCUT2D eigenvalue weighted by Crippen LogP contribution is -2.54. The molecular formula is C21H32O3. The molecule has 2 N–H and O–H groups in total. The van der Waals surface area contributed by atoms with Crippen LogP contribution in [0.3, 0.4) is 0 Å². The van der Waals surface area contributed by atoms with Crippen molar-refractivity contribution in [2.24, 2.45) is 29.1 Å². The number of methoxy groups -OCH3 is 1. The van der Waals surface area contributed by atoms with Gasteiger partial charge in [0.15, 0.2) is 0 Å². The average Bonchev–Trinajstić information content (AvgIpc) is 2.86. The van der Waals surface area contributed by atoms with Crippen molar-refractivity contribution >= 4 is 0 Å². The van der Waals surface area contributed by atoms with E-state index in [4.69, 9.17) is 4.74 Å². The summed E-state index contributed by atoms with van der Waals surface area (Å²) >= 11 is 0. The van der Waals surface area contributed by atoms with Crippen molar-refractivity contribution in [3.8, 4) is 0 Å². The first-order chi connectivity index (χ1) is 11.4. The highest BCUT2D eigenvalue weighted by Gasteiger charge is 2.62. The van der Waals surface area contributed by atoms with E-state index in [1.54, 1.807) is 18.3 Å². The molecule has 24 heavy (non-hydrogen) atoms. The van der Waals surface area contributed by atoms with E-state index in [9.17, 15) is 10.2 Å². The molecule has 2 fully saturated rings. The minimum atomic E-state index is -0.868. The van der Waals surface area contributed by atoms with Crippen molar-refractivity contribution < 1.29 is 14.9 Å². The van der Waals surface area contributed by atoms with Crippen LogP contribution < -0.4 is 0 Å². The zero-order valence-electron chi connectivity index (χ0n) is 15.3. The predicted octanol–water partition coefficient (Wildman–Crippen LogP) is 3.81. The van der Waals surface area contributed by atoms with Crippen LogP contribution in [0.2, 0.25) is 0 Å². The Morgan fingerprint density at radius 2 is 2.08 bits per heavy atom. The van der Waals surface area contributed by atoms with E-state index < -0.39 is 5.60 Å². The summed E-state index contributed by atoms with van der Waals surface area (Å²) in [4.78, 5) is 0. The Hall–Kier alpha value is -0.800. The lowest BCUT2D eigenvalue weighted by Gasteiger charge is -2.55. The van der Waals surface area contributed by atoms with Gasteiger partial charge in [0.05, 0.1) is 25.1 Å². The van der Waals surface area contributed by atoms with Gasteiger partial charge >= 0.3 is 0 Å². The molecule has 0 aliphatic heterocycles. The maximum Gasteiger partial charge on any atom is 0.0959 e. The largest absolute Gasteiger partial charge is 0.501 e. The van der Waals surface area contributed by atoms with E-state index in [0.717, 1.165) is 37.9 Å². The van der Waals surface area contributed by atoms with Crippen molar-refractivity contribution in [2.45, 2.75) is 64.4 Å². The molecule has 0 bridgehead atoms. The lowest BCUT2D eigenvalue weighted by molar-refractivity contribution is -0.136. The topological polar surface area (TPSA) is 49.7 Å². The third-order valence-electron chi connectivity index (χ3n) is 8.24. The summed E-state index contributed by atoms with van der Waals surface area (Å²) in [6.07, 6.45) is 9.56. The number of ether oxygens (including phenoxy) is 1. The van der Waals surface area contributed by atoms with E-state index in [1.165, 1.54) is 12.8 Å². The van der Waals surface area contributed by atoms with Gasteiger partial charge in [0.2, 0.25) is 0 Å². The van der Waals surface area contributed by atoms with E-state index in [1.807, 2.05) is 0 Å². The van der Waals surface area contributed by atoms with E-state index in [2.05, 4.69) is 19.9 Å². The number of aliphatic hydroxyl groups is 2. The monoisotopic (exact) mass is 332 g/mol. The van der Waals surface area contributed by atoms with Crippen molar-refractivity contribution in [1.29, 1.82) is 0 Å². The van der Waals surface area contributed by atoms with Crippen LogP contribution in [0.5, 0.6) is 0 Å². The number of hydrogen-bond donors (Lipinski definition) is 2. The third kappa shape index (κ3) is 2.10. The van der Waals surface area contributed by atoms with E-state index in [0.29, 0.717) is 23.7 Å². The van der Waals surface area contributed by atoms with Crippen LogP contribution in [0, 0.1) is 29.1 Å². The average molecular weight is 332 g/mol. The fourth-order valence-corrected chi connectivity index (χ4v) is 6.83. The molecule has 0 heterocycles. The number of aliphatic hydroxyl groups excluding tert-OH is 1. The van der Waals surface area contributed by atoms with Gasteiger partial charge in [-0.15, -0.1) is 0 Å². The van der Waals surface area contributed by atoms with Gasteiger partial charge in [-0.2, -0.15) is 0 Å². The zero-order chi connectivity index (χ0) is 17.1. The highest BCUT2D eigenvalue weighted by atomic mass is 16.5. The molecule has 0 unspecified atom stereocenters. The first-order valence-corrected chi connectivity index (χ1v) is 9.70. The van der Waals surface area contributed by atoms with Gasteiger partial charge in [-0.05, 0) is 68.3 Å². The van der Waals surface area contributed by atoms with E-state index >= 15 is 0 Å². The van der Waals surface area contributed by atoms with Gasteiger partial charge in [0, 0.05) is 11.8 Å². The molecule has 134 valence electrons. The summed E-state index contributed by atoms with van der Waals surface area (Å²) < 4.78 is 5.50. The van der Waals surface area contributed by atoms with Gasteiger partial charge in [-0.1, -0.05) is 25.0 Å². The Labute approximate surface area is 145 Å². The Balaban J connectivity index is 1.66. The minimum absolute atomic E-state index is 0.0837. The van der Waals surface area contributed by atoms with Crippen LogP contribution in [0.1, 0.15) is 58.8 Å². The van der Waals surface area contributed by atoms with Crippen molar-refractivity contribution in [1.82, 2.24) is 0 Å². The number of fused-ring (bicyclic) bond motifs is 4. The van der Waals surface area contributed by atoms with Gasteiger partial charge in [0.25, 0.3) is 0 Å². The molecule has 0 radical (unpaired) electrons. The predicted molar refractivity (Wildman–Crippen MR) is 94.2 cm³/mol. The summed E-state index contributed by atoms with van der Waals surface area (Å²) in [5, 5.41) is 20.9. The van der Waals surface area contributed by atoms with Crippen molar-refractivity contribution in [3.05, 3.63) is 23.0 Å². The first kappa shape index (κ1) is 16.7. The Kier molecular flexibility index (Phi) is 3.89. The quantitative estimate of drug-likeness (QED) is 0.756. The molecule has 0 aromatic rings. The SMILES string of the molecule is COC1=CCC2=C(C1)C[C@@H](C)[C@@H]1[C@@H]2CC[C@@]2(C)[C@@H]1CC[C@]2(O)CO. The molecule has 0 saturated heterocycles. The smallest absolute Gasteiger partial charge is 0.0959 e. The normalized spacial score (nSPS) is 47.6. The minimum Gasteiger partial charge on any atom is -0.501 e. The molecule has 0 spiro atoms. The summed E-state index contributed by atoms with van der Waals surface area (Å²) in [5.74, 6) is 3.69. The van der Waals surface area contributed by atoms with E-state index in [-0.39, 0.29) is 12.0 Å². The van der Waals surface area contributed by atoms with Crippen LogP contribution in [-0.4, -0.2) is 29.5 Å². The number of hydrogen-bond acceptors (Lipinski definition) is 3. The Morgan fingerprint density at radius 3 is 2.79 bits per heavy atom. The number of rotatable bonds is 2. The molecule has 0 aromatic heterocycles. The zero-order valence-corrected chi connectivity index (χ0v) is 15.3. The maximum atomic E-state index is 11.0. The lowest BCUT2D eigenvalue weighted by atomic mass is 9.50. The van der Waals surface area contributed by atoms with Gasteiger partial charge < -0.3 is 14.9 Å². The molecular weight excluding hydrogens is 300 g/mol. The van der Waals surface area contributed by atoms with Gasteiger partial charge in [-0.3, -0.25) is 0 Å². The summed E-state index contributed by atoms with van der Waals surface area (Å²) in [6.45, 7) is 4.57. The second-order valence-corrected chi connectivity index (χ2v) is 9.04. The van der Waals surface area contributed by atoms with Crippen molar-refractivity contribution in [2.75, 3.05) is 13.7 Å². The van der Waals surface area contributed by atoms with Gasteiger partial charge in [-0.25, -0.2) is 0 Å². The second-order valence-electron chi connectivity index (χ2n) is 9.04. The second kappa shape index (κ2) is 5.60. The fourth-order valence-electron chi connectivity index (χ4n) is 6.83. The highest BCUT2D eigenvalue weighted by molar-refractivity contribution is 5.33. The summed E-state index contributed by atoms with van der Waals surface area (Å²) in [6, 6.07) is 0. The molecule has 3 heteroatoms. The Bertz CT molecular complexity index is 592. The third-order valence-corrected chi connectivity index (χ3v) is 8.24. The molecule has 0 aromatic carbocycles. The first-order valence-electron chi connectivity index (χ1n) is 9.70. The molecule has 0 amide bonds. The molecule has 6 atom stereocenters. The molecule has 4 aliphatic carbocycles. The van der Waals surface area contributed by atoms with Crippen LogP contribution in [-0.2, 0) is 4.74 Å². The van der Waals surface area contributed by atoms with Gasteiger partial charge in [0.1, 0.15) is 0 Å². The summed E-state index contributed by atoms with van der Waals surface area (Å²) in [5.41, 5.74) is 2.33. The molecule has 3 nitrogen and oxygen atoms in total. The molecule has 2 saturated carbocycles. The standard InChI is InChI=1S/C21H32O3/c1-13-10-14-11-15(24-3)4-5-16(14)17-6-8-20(2)18(19(13)17)7-9-21(20,23)12-22/h4,13,17-19,22-23H,5-12H2,1-3H3/t13-,17-,18-,19-,20+,21+/m1/s1. The van der Waals surface area contributed by atoms with Crippen molar-refractivity contribution in [3.63, 3.8) is 0 Å². The molecule has 4 rings (SSSR count). The number of allylic oxidation sites excluding steroid dienone is 3. The summed E-state index contributed by atoms with van der Waals surface area (Å²) in [7, 11) is 1.78. The molecule has 4 aliphatic rings. The van der Waals surface area contributed by atoms with Crippen LogP contribution in [0.4, 0.5) is 0 Å². The van der Waals surface area contributed by atoms with Crippen LogP contribution in [0.15, 0.2) is 23.0 Å². The highest BCUT2D eigenvalue weighted by Crippen LogP contribution is 2.65. The Morgan fingerprint density at radius 1 is 1.29 bits per heavy atom. The van der Waals surface area contributed by atoms with Crippen LogP contribution >= 0.6 is 0 Å². The van der Waals surface area contributed by atoms with Crippen LogP contribution in [0.25, 0.3) is 0 Å². The fraction of sp³-hybridized carbons (Fsp3) is 0.810. The maximum absolute atomic E-state index is 11.0.